The number of amides is 2. The van der Waals surface area contributed by atoms with E-state index in [1.54, 1.807) is 30.0 Å². The Bertz CT molecular complexity index is 760. The maximum absolute atomic E-state index is 12.1. The van der Waals surface area contributed by atoms with Crippen molar-refractivity contribution in [3.63, 3.8) is 0 Å². The van der Waals surface area contributed by atoms with E-state index in [9.17, 15) is 9.59 Å². The van der Waals surface area contributed by atoms with Gasteiger partial charge in [-0.25, -0.2) is 0 Å². The van der Waals surface area contributed by atoms with Gasteiger partial charge in [-0.2, -0.15) is 0 Å². The van der Waals surface area contributed by atoms with Gasteiger partial charge in [-0.1, -0.05) is 0 Å². The maximum atomic E-state index is 12.1. The SMILES string of the molecule is CC(=O)N1CCC(Cc2cnc(CNC(=O)c3cccn3C)cn2)CC1. The molecule has 1 N–H and O–H groups in total. The van der Waals surface area contributed by atoms with E-state index < -0.39 is 0 Å². The van der Waals surface area contributed by atoms with Crippen LogP contribution in [0.3, 0.4) is 0 Å². The van der Waals surface area contributed by atoms with Crippen molar-refractivity contribution >= 4 is 11.8 Å². The first-order valence-corrected chi connectivity index (χ1v) is 8.98. The van der Waals surface area contributed by atoms with E-state index in [4.69, 9.17) is 0 Å². The van der Waals surface area contributed by atoms with Gasteiger partial charge in [0.1, 0.15) is 5.69 Å². The smallest absolute Gasteiger partial charge is 0.268 e. The van der Waals surface area contributed by atoms with E-state index in [1.807, 2.05) is 24.2 Å². The summed E-state index contributed by atoms with van der Waals surface area (Å²) in [5.41, 5.74) is 2.32. The van der Waals surface area contributed by atoms with Crippen molar-refractivity contribution in [2.24, 2.45) is 13.0 Å². The average molecular weight is 355 g/mol. The molecule has 7 heteroatoms. The predicted octanol–water partition coefficient (Wildman–Crippen LogP) is 1.55. The van der Waals surface area contributed by atoms with Crippen molar-refractivity contribution < 1.29 is 9.59 Å². The normalized spacial score (nSPS) is 15.1. The number of carbonyl (C=O) groups is 2. The lowest BCUT2D eigenvalue weighted by Crippen LogP contribution is -2.37. The molecule has 1 aliphatic rings. The molecule has 1 aliphatic heterocycles. The zero-order chi connectivity index (χ0) is 18.5. The molecule has 0 atom stereocenters. The number of hydrogen-bond acceptors (Lipinski definition) is 4. The summed E-state index contributed by atoms with van der Waals surface area (Å²) >= 11 is 0. The number of aromatic nitrogens is 3. The van der Waals surface area contributed by atoms with Crippen LogP contribution >= 0.6 is 0 Å². The summed E-state index contributed by atoms with van der Waals surface area (Å²) in [5, 5.41) is 2.86. The fourth-order valence-electron chi connectivity index (χ4n) is 3.28. The fourth-order valence-corrected chi connectivity index (χ4v) is 3.28. The fraction of sp³-hybridized carbons (Fsp3) is 0.474. The lowest BCUT2D eigenvalue weighted by Gasteiger charge is -2.31. The highest BCUT2D eigenvalue weighted by molar-refractivity contribution is 5.92. The van der Waals surface area contributed by atoms with Gasteiger partial charge in [-0.05, 0) is 37.3 Å². The van der Waals surface area contributed by atoms with Crippen molar-refractivity contribution in [3.8, 4) is 0 Å². The summed E-state index contributed by atoms with van der Waals surface area (Å²) in [5.74, 6) is 0.577. The van der Waals surface area contributed by atoms with Gasteiger partial charge >= 0.3 is 0 Å². The minimum Gasteiger partial charge on any atom is -0.347 e. The van der Waals surface area contributed by atoms with Gasteiger partial charge in [0.05, 0.1) is 24.1 Å². The molecule has 2 aromatic rings. The second-order valence-corrected chi connectivity index (χ2v) is 6.84. The van der Waals surface area contributed by atoms with Crippen LogP contribution in [-0.4, -0.2) is 44.3 Å². The third-order valence-corrected chi connectivity index (χ3v) is 4.92. The van der Waals surface area contributed by atoms with Crippen LogP contribution in [0.5, 0.6) is 0 Å². The molecule has 0 aromatic carbocycles. The standard InChI is InChI=1S/C19H25N5O2/c1-14(25)24-8-5-15(6-9-24)10-16-11-21-17(12-20-16)13-22-19(26)18-4-3-7-23(18)2/h3-4,7,11-12,15H,5-6,8-10,13H2,1-2H3,(H,22,26). The summed E-state index contributed by atoms with van der Waals surface area (Å²) in [4.78, 5) is 34.3. The number of nitrogens with one attached hydrogen (secondary N) is 1. The van der Waals surface area contributed by atoms with Gasteiger partial charge in [0, 0.05) is 39.5 Å². The molecule has 2 aromatic heterocycles. The quantitative estimate of drug-likeness (QED) is 0.882. The van der Waals surface area contributed by atoms with Crippen molar-refractivity contribution in [2.45, 2.75) is 32.7 Å². The van der Waals surface area contributed by atoms with Crippen molar-refractivity contribution in [3.05, 3.63) is 47.8 Å². The molecule has 3 heterocycles. The molecule has 1 fully saturated rings. The van der Waals surface area contributed by atoms with Crippen LogP contribution in [0, 0.1) is 5.92 Å². The van der Waals surface area contributed by atoms with E-state index in [-0.39, 0.29) is 11.8 Å². The summed E-state index contributed by atoms with van der Waals surface area (Å²) in [6.07, 6.45) is 8.26. The van der Waals surface area contributed by atoms with E-state index in [0.29, 0.717) is 18.2 Å². The highest BCUT2D eigenvalue weighted by Gasteiger charge is 2.21. The van der Waals surface area contributed by atoms with Crippen LogP contribution in [0.25, 0.3) is 0 Å². The van der Waals surface area contributed by atoms with Gasteiger partial charge in [0.2, 0.25) is 5.91 Å². The lowest BCUT2D eigenvalue weighted by molar-refractivity contribution is -0.130. The zero-order valence-electron chi connectivity index (χ0n) is 15.3. The van der Waals surface area contributed by atoms with E-state index in [2.05, 4.69) is 15.3 Å². The second kappa shape index (κ2) is 8.12. The van der Waals surface area contributed by atoms with Gasteiger partial charge in [-0.3, -0.25) is 19.6 Å². The van der Waals surface area contributed by atoms with Gasteiger partial charge in [0.25, 0.3) is 5.91 Å². The molecule has 0 radical (unpaired) electrons. The number of aryl methyl sites for hydroxylation is 1. The van der Waals surface area contributed by atoms with Gasteiger partial charge in [0.15, 0.2) is 0 Å². The Kier molecular flexibility index (Phi) is 5.65. The van der Waals surface area contributed by atoms with Crippen molar-refractivity contribution in [2.75, 3.05) is 13.1 Å². The Morgan fingerprint density at radius 3 is 2.46 bits per heavy atom. The largest absolute Gasteiger partial charge is 0.347 e. The molecular weight excluding hydrogens is 330 g/mol. The van der Waals surface area contributed by atoms with Crippen LogP contribution in [0.2, 0.25) is 0 Å². The summed E-state index contributed by atoms with van der Waals surface area (Å²) in [6.45, 7) is 3.64. The van der Waals surface area contributed by atoms with Crippen LogP contribution < -0.4 is 5.32 Å². The number of likely N-dealkylation sites (tertiary alicyclic amines) is 1. The Morgan fingerprint density at radius 2 is 1.88 bits per heavy atom. The monoisotopic (exact) mass is 355 g/mol. The first-order valence-electron chi connectivity index (χ1n) is 8.98. The van der Waals surface area contributed by atoms with E-state index in [1.165, 1.54) is 0 Å². The van der Waals surface area contributed by atoms with Gasteiger partial charge in [-0.15, -0.1) is 0 Å². The van der Waals surface area contributed by atoms with Crippen LogP contribution in [0.4, 0.5) is 0 Å². The highest BCUT2D eigenvalue weighted by Crippen LogP contribution is 2.20. The zero-order valence-corrected chi connectivity index (χ0v) is 15.3. The Labute approximate surface area is 153 Å². The topological polar surface area (TPSA) is 80.1 Å². The van der Waals surface area contributed by atoms with E-state index >= 15 is 0 Å². The minimum absolute atomic E-state index is 0.124. The summed E-state index contributed by atoms with van der Waals surface area (Å²) in [7, 11) is 1.84. The van der Waals surface area contributed by atoms with Gasteiger partial charge < -0.3 is 14.8 Å². The van der Waals surface area contributed by atoms with Crippen LogP contribution in [0.15, 0.2) is 30.7 Å². The third kappa shape index (κ3) is 4.47. The molecule has 26 heavy (non-hydrogen) atoms. The van der Waals surface area contributed by atoms with Crippen LogP contribution in [0.1, 0.15) is 41.6 Å². The number of hydrogen-bond donors (Lipinski definition) is 1. The number of carbonyl (C=O) groups excluding carboxylic acids is 2. The molecule has 0 bridgehead atoms. The second-order valence-electron chi connectivity index (χ2n) is 6.84. The predicted molar refractivity (Wildman–Crippen MR) is 97.3 cm³/mol. The number of nitrogens with zero attached hydrogens (tertiary/aromatic N) is 4. The summed E-state index contributed by atoms with van der Waals surface area (Å²) < 4.78 is 1.78. The first kappa shape index (κ1) is 18.1. The molecule has 0 aliphatic carbocycles. The first-order chi connectivity index (χ1) is 12.5. The van der Waals surface area contributed by atoms with Crippen molar-refractivity contribution in [1.29, 1.82) is 0 Å². The summed E-state index contributed by atoms with van der Waals surface area (Å²) in [6, 6.07) is 3.62. The van der Waals surface area contributed by atoms with Crippen molar-refractivity contribution in [1.82, 2.24) is 24.8 Å². The molecule has 2 amide bonds. The lowest BCUT2D eigenvalue weighted by atomic mass is 9.92. The molecule has 0 saturated carbocycles. The molecule has 1 saturated heterocycles. The molecule has 138 valence electrons. The Balaban J connectivity index is 1.47. The highest BCUT2D eigenvalue weighted by atomic mass is 16.2. The number of piperidine rings is 1. The minimum atomic E-state index is -0.124. The average Bonchev–Trinajstić information content (AvgIpc) is 3.07. The molecule has 0 spiro atoms. The molecule has 0 unspecified atom stereocenters. The van der Waals surface area contributed by atoms with Crippen LogP contribution in [-0.2, 0) is 24.8 Å². The maximum Gasteiger partial charge on any atom is 0.268 e. The molecule has 3 rings (SSSR count). The van der Waals surface area contributed by atoms with E-state index in [0.717, 1.165) is 43.7 Å². The Morgan fingerprint density at radius 1 is 1.19 bits per heavy atom. The molecule has 7 nitrogen and oxygen atoms in total. The molecular formula is C19H25N5O2. The third-order valence-electron chi connectivity index (χ3n) is 4.92. The number of rotatable bonds is 5. The Hall–Kier alpha value is -2.70.